The lowest BCUT2D eigenvalue weighted by molar-refractivity contribution is 0.0485. The number of carbonyl (C=O) groups is 1. The van der Waals surface area contributed by atoms with Crippen LogP contribution < -0.4 is 0 Å². The molecule has 0 aliphatic heterocycles. The third-order valence-electron chi connectivity index (χ3n) is 4.18. The van der Waals surface area contributed by atoms with Crippen molar-refractivity contribution in [3.63, 3.8) is 0 Å². The fourth-order valence-electron chi connectivity index (χ4n) is 2.92. The molecule has 1 aliphatic rings. The molecule has 0 aromatic heterocycles. The second kappa shape index (κ2) is 7.21. The molecule has 0 spiro atoms. The number of hydrogen-bond donors (Lipinski definition) is 0. The summed E-state index contributed by atoms with van der Waals surface area (Å²) in [5, 5.41) is 0.818. The Labute approximate surface area is 140 Å². The molecular weight excluding hydrogens is 331 g/mol. The van der Waals surface area contributed by atoms with E-state index >= 15 is 0 Å². The summed E-state index contributed by atoms with van der Waals surface area (Å²) in [6.07, 6.45) is 7.13. The van der Waals surface area contributed by atoms with Crippen molar-refractivity contribution in [1.82, 2.24) is 0 Å². The Bertz CT molecular complexity index is 522. The van der Waals surface area contributed by atoms with E-state index in [1.807, 2.05) is 0 Å². The summed E-state index contributed by atoms with van der Waals surface area (Å²) in [5.41, 5.74) is 0.643. The first-order chi connectivity index (χ1) is 9.91. The van der Waals surface area contributed by atoms with Crippen LogP contribution in [-0.4, -0.2) is 12.6 Å². The van der Waals surface area contributed by atoms with Crippen molar-refractivity contribution in [1.29, 1.82) is 0 Å². The summed E-state index contributed by atoms with van der Waals surface area (Å²) in [6.45, 7) is 2.71. The summed E-state index contributed by atoms with van der Waals surface area (Å²) < 4.78 is 5.28. The molecular formula is C16H19Cl3O2. The first-order valence-corrected chi connectivity index (χ1v) is 8.36. The average Bonchev–Trinajstić information content (AvgIpc) is 2.86. The largest absolute Gasteiger partial charge is 0.462 e. The van der Waals surface area contributed by atoms with Gasteiger partial charge in [-0.3, -0.25) is 0 Å². The van der Waals surface area contributed by atoms with E-state index in [4.69, 9.17) is 39.5 Å². The zero-order chi connectivity index (χ0) is 15.5. The van der Waals surface area contributed by atoms with Gasteiger partial charge in [-0.15, -0.1) is 0 Å². The third kappa shape index (κ3) is 4.51. The molecule has 0 heterocycles. The van der Waals surface area contributed by atoms with Gasteiger partial charge < -0.3 is 4.74 Å². The summed E-state index contributed by atoms with van der Waals surface area (Å²) in [5.74, 6) is -0.471. The third-order valence-corrected chi connectivity index (χ3v) is 5.20. The SMILES string of the molecule is CC1(CCCOC(=O)c2cc(Cl)cc(Cl)c2Cl)CCCC1. The van der Waals surface area contributed by atoms with Gasteiger partial charge in [-0.2, -0.15) is 0 Å². The minimum Gasteiger partial charge on any atom is -0.462 e. The molecule has 5 heteroatoms. The lowest BCUT2D eigenvalue weighted by atomic mass is 9.84. The van der Waals surface area contributed by atoms with Crippen LogP contribution in [0, 0.1) is 5.41 Å². The van der Waals surface area contributed by atoms with Crippen LogP contribution in [0.3, 0.4) is 0 Å². The molecule has 1 saturated carbocycles. The highest BCUT2D eigenvalue weighted by atomic mass is 35.5. The van der Waals surface area contributed by atoms with Gasteiger partial charge in [0, 0.05) is 5.02 Å². The molecule has 1 aromatic carbocycles. The Hall–Kier alpha value is -0.440. The maximum Gasteiger partial charge on any atom is 0.339 e. The van der Waals surface area contributed by atoms with Crippen LogP contribution in [0.4, 0.5) is 0 Å². The first-order valence-electron chi connectivity index (χ1n) is 7.23. The normalized spacial score (nSPS) is 17.0. The molecule has 0 atom stereocenters. The molecule has 116 valence electrons. The van der Waals surface area contributed by atoms with Crippen LogP contribution in [0.2, 0.25) is 15.1 Å². The Morgan fingerprint density at radius 2 is 1.90 bits per heavy atom. The van der Waals surface area contributed by atoms with Crippen molar-refractivity contribution in [2.75, 3.05) is 6.61 Å². The molecule has 2 nitrogen and oxygen atoms in total. The van der Waals surface area contributed by atoms with Crippen molar-refractivity contribution in [2.45, 2.75) is 45.4 Å². The van der Waals surface area contributed by atoms with Crippen LogP contribution >= 0.6 is 34.8 Å². The van der Waals surface area contributed by atoms with Gasteiger partial charge in [0.2, 0.25) is 0 Å². The zero-order valence-corrected chi connectivity index (χ0v) is 14.3. The number of halogens is 3. The number of ether oxygens (including phenoxy) is 1. The first kappa shape index (κ1) is 16.9. The highest BCUT2D eigenvalue weighted by molar-refractivity contribution is 6.45. The van der Waals surface area contributed by atoms with Gasteiger partial charge in [-0.25, -0.2) is 4.79 Å². The van der Waals surface area contributed by atoms with Crippen LogP contribution in [0.1, 0.15) is 55.8 Å². The number of carbonyl (C=O) groups excluding carboxylic acids is 1. The minimum atomic E-state index is -0.471. The monoisotopic (exact) mass is 348 g/mol. The van der Waals surface area contributed by atoms with Gasteiger partial charge in [-0.1, -0.05) is 54.6 Å². The molecule has 21 heavy (non-hydrogen) atoms. The topological polar surface area (TPSA) is 26.3 Å². The van der Waals surface area contributed by atoms with Gasteiger partial charge in [0.15, 0.2) is 0 Å². The molecule has 0 saturated heterocycles. The number of hydrogen-bond acceptors (Lipinski definition) is 2. The number of rotatable bonds is 5. The van der Waals surface area contributed by atoms with E-state index in [0.29, 0.717) is 17.0 Å². The van der Waals surface area contributed by atoms with Crippen molar-refractivity contribution in [2.24, 2.45) is 5.41 Å². The van der Waals surface area contributed by atoms with Crippen molar-refractivity contribution < 1.29 is 9.53 Å². The van der Waals surface area contributed by atoms with E-state index in [-0.39, 0.29) is 15.6 Å². The number of esters is 1. The molecule has 0 N–H and O–H groups in total. The van der Waals surface area contributed by atoms with E-state index in [9.17, 15) is 4.79 Å². The Morgan fingerprint density at radius 3 is 2.57 bits per heavy atom. The fraction of sp³-hybridized carbons (Fsp3) is 0.562. The van der Waals surface area contributed by atoms with Crippen molar-refractivity contribution in [3.8, 4) is 0 Å². The molecule has 2 rings (SSSR count). The second-order valence-electron chi connectivity index (χ2n) is 6.01. The highest BCUT2D eigenvalue weighted by Gasteiger charge is 2.27. The van der Waals surface area contributed by atoms with Crippen LogP contribution in [-0.2, 0) is 4.74 Å². The van der Waals surface area contributed by atoms with Crippen LogP contribution in [0.25, 0.3) is 0 Å². The van der Waals surface area contributed by atoms with Crippen LogP contribution in [0.5, 0.6) is 0 Å². The Morgan fingerprint density at radius 1 is 1.24 bits per heavy atom. The van der Waals surface area contributed by atoms with E-state index < -0.39 is 5.97 Å². The predicted molar refractivity (Wildman–Crippen MR) is 87.6 cm³/mol. The average molecular weight is 350 g/mol. The maximum absolute atomic E-state index is 12.0. The van der Waals surface area contributed by atoms with Gasteiger partial charge in [0.1, 0.15) is 0 Å². The summed E-state index contributed by atoms with van der Waals surface area (Å²) >= 11 is 17.8. The van der Waals surface area contributed by atoms with Gasteiger partial charge in [0.05, 0.1) is 22.2 Å². The zero-order valence-electron chi connectivity index (χ0n) is 12.1. The lowest BCUT2D eigenvalue weighted by Crippen LogP contribution is -2.13. The van der Waals surface area contributed by atoms with Crippen molar-refractivity contribution in [3.05, 3.63) is 32.8 Å². The Balaban J connectivity index is 1.85. The fourth-order valence-corrected chi connectivity index (χ4v) is 3.60. The van der Waals surface area contributed by atoms with Gasteiger partial charge in [0.25, 0.3) is 0 Å². The van der Waals surface area contributed by atoms with Crippen LogP contribution in [0.15, 0.2) is 12.1 Å². The second-order valence-corrected chi connectivity index (χ2v) is 7.23. The molecule has 1 aliphatic carbocycles. The van der Waals surface area contributed by atoms with Gasteiger partial charge in [-0.05, 0) is 43.2 Å². The van der Waals surface area contributed by atoms with E-state index in [0.717, 1.165) is 12.8 Å². The minimum absolute atomic E-state index is 0.189. The lowest BCUT2D eigenvalue weighted by Gasteiger charge is -2.22. The van der Waals surface area contributed by atoms with E-state index in [1.54, 1.807) is 0 Å². The smallest absolute Gasteiger partial charge is 0.339 e. The molecule has 0 unspecified atom stereocenters. The molecule has 0 amide bonds. The number of benzene rings is 1. The summed E-state index contributed by atoms with van der Waals surface area (Å²) in [7, 11) is 0. The van der Waals surface area contributed by atoms with E-state index in [2.05, 4.69) is 6.92 Å². The summed E-state index contributed by atoms with van der Waals surface area (Å²) in [4.78, 5) is 12.0. The molecule has 0 bridgehead atoms. The van der Waals surface area contributed by atoms with Gasteiger partial charge >= 0.3 is 5.97 Å². The summed E-state index contributed by atoms with van der Waals surface area (Å²) in [6, 6.07) is 2.99. The predicted octanol–water partition coefficient (Wildman–Crippen LogP) is 6.16. The molecule has 1 fully saturated rings. The van der Waals surface area contributed by atoms with Crippen molar-refractivity contribution >= 4 is 40.8 Å². The standard InChI is InChI=1S/C16H19Cl3O2/c1-16(5-2-3-6-16)7-4-8-21-15(20)12-9-11(17)10-13(18)14(12)19/h9-10H,2-8H2,1H3. The van der Waals surface area contributed by atoms with E-state index in [1.165, 1.54) is 37.8 Å². The Kier molecular flexibility index (Phi) is 5.81. The molecule has 0 radical (unpaired) electrons. The maximum atomic E-state index is 12.0. The highest BCUT2D eigenvalue weighted by Crippen LogP contribution is 2.41. The molecule has 1 aromatic rings. The quantitative estimate of drug-likeness (QED) is 0.361.